The molecule has 0 heteroatoms. The van der Waals surface area contributed by atoms with E-state index >= 15 is 0 Å². The van der Waals surface area contributed by atoms with Gasteiger partial charge in [0, 0.05) is 5.92 Å². The minimum absolute atomic E-state index is 0.502. The molecule has 0 radical (unpaired) electrons. The average Bonchev–Trinajstić information content (AvgIpc) is 3.41. The van der Waals surface area contributed by atoms with E-state index in [4.69, 9.17) is 0 Å². The van der Waals surface area contributed by atoms with Crippen LogP contribution in [0.4, 0.5) is 0 Å². The van der Waals surface area contributed by atoms with Crippen LogP contribution in [0.3, 0.4) is 0 Å². The number of unbranched alkanes of at least 4 members (excludes halogenated alkanes) is 4. The van der Waals surface area contributed by atoms with Crippen LogP contribution in [0.15, 0.2) is 37.0 Å². The van der Waals surface area contributed by atoms with E-state index in [2.05, 4.69) is 80.7 Å². The zero-order valence-corrected chi connectivity index (χ0v) is 33.5. The second-order valence-corrected chi connectivity index (χ2v) is 17.6. The zero-order chi connectivity index (χ0) is 34.5. The van der Waals surface area contributed by atoms with Gasteiger partial charge in [-0.05, 0) is 134 Å². The molecule has 0 spiro atoms. The summed E-state index contributed by atoms with van der Waals surface area (Å²) in [5.41, 5.74) is 3.06. The molecule has 0 aromatic heterocycles. The molecule has 4 saturated carbocycles. The topological polar surface area (TPSA) is 0 Å². The first kappa shape index (κ1) is 41.4. The fourth-order valence-electron chi connectivity index (χ4n) is 11.9. The molecule has 0 amide bonds. The SMILES string of the molecule is C=CC(=C)C(/C=C\C)CCC.CC.CCCCCCC1(C)CCC2(C)C(CC(C)C3C2CCC2(C)C(C(C)CCCC)CCC32)C1. The third-order valence-corrected chi connectivity index (χ3v) is 14.6. The molecule has 0 aliphatic heterocycles. The first-order valence-electron chi connectivity index (χ1n) is 20.9. The van der Waals surface area contributed by atoms with Crippen LogP contribution in [-0.4, -0.2) is 0 Å². The number of allylic oxidation sites excluding steroid dienone is 4. The number of hydrogen-bond acceptors (Lipinski definition) is 0. The predicted octanol–water partition coefficient (Wildman–Crippen LogP) is 15.4. The van der Waals surface area contributed by atoms with Gasteiger partial charge in [0.15, 0.2) is 0 Å². The highest BCUT2D eigenvalue weighted by Crippen LogP contribution is 2.70. The summed E-state index contributed by atoms with van der Waals surface area (Å²) in [6.45, 7) is 34.1. The Morgan fingerprint density at radius 2 is 1.50 bits per heavy atom. The maximum Gasteiger partial charge on any atom is 0.00116 e. The van der Waals surface area contributed by atoms with Crippen molar-refractivity contribution >= 4 is 0 Å². The summed E-state index contributed by atoms with van der Waals surface area (Å²) in [5, 5.41) is 0. The number of fused-ring (bicyclic) bond motifs is 5. The van der Waals surface area contributed by atoms with Crippen molar-refractivity contribution in [3.05, 3.63) is 37.0 Å². The third-order valence-electron chi connectivity index (χ3n) is 14.6. The van der Waals surface area contributed by atoms with E-state index in [1.807, 2.05) is 26.8 Å². The fourth-order valence-corrected chi connectivity index (χ4v) is 11.9. The Hall–Kier alpha value is -0.780. The van der Waals surface area contributed by atoms with Crippen LogP contribution < -0.4 is 0 Å². The Labute approximate surface area is 291 Å². The van der Waals surface area contributed by atoms with Gasteiger partial charge in [0.1, 0.15) is 0 Å². The van der Waals surface area contributed by atoms with Gasteiger partial charge in [-0.3, -0.25) is 0 Å². The van der Waals surface area contributed by atoms with Crippen molar-refractivity contribution in [3.8, 4) is 0 Å². The van der Waals surface area contributed by atoms with Crippen LogP contribution in [-0.2, 0) is 0 Å². The van der Waals surface area contributed by atoms with Crippen LogP contribution in [0.2, 0.25) is 0 Å². The predicted molar refractivity (Wildman–Crippen MR) is 209 cm³/mol. The van der Waals surface area contributed by atoms with E-state index < -0.39 is 0 Å². The lowest BCUT2D eigenvalue weighted by atomic mass is 9.41. The molecule has 268 valence electrons. The van der Waals surface area contributed by atoms with Gasteiger partial charge in [0.25, 0.3) is 0 Å². The molecule has 4 aliphatic carbocycles. The summed E-state index contributed by atoms with van der Waals surface area (Å²) < 4.78 is 0. The minimum atomic E-state index is 0.502. The van der Waals surface area contributed by atoms with Gasteiger partial charge in [0.05, 0.1) is 0 Å². The van der Waals surface area contributed by atoms with Gasteiger partial charge in [-0.2, -0.15) is 0 Å². The van der Waals surface area contributed by atoms with Crippen LogP contribution >= 0.6 is 0 Å². The summed E-state index contributed by atoms with van der Waals surface area (Å²) in [6.07, 6.45) is 32.4. The van der Waals surface area contributed by atoms with Gasteiger partial charge in [-0.25, -0.2) is 0 Å². The Morgan fingerprint density at radius 1 is 0.826 bits per heavy atom. The van der Waals surface area contributed by atoms with Crippen LogP contribution in [0.5, 0.6) is 0 Å². The van der Waals surface area contributed by atoms with Gasteiger partial charge in [-0.1, -0.05) is 152 Å². The smallest absolute Gasteiger partial charge is 0.00116 e. The third kappa shape index (κ3) is 9.68. The summed E-state index contributed by atoms with van der Waals surface area (Å²) in [7, 11) is 0. The molecular weight excluding hydrogens is 553 g/mol. The minimum Gasteiger partial charge on any atom is -0.0988 e. The van der Waals surface area contributed by atoms with Crippen molar-refractivity contribution in [1.82, 2.24) is 0 Å². The molecule has 0 bridgehead atoms. The van der Waals surface area contributed by atoms with Crippen LogP contribution in [0, 0.1) is 63.6 Å². The Kier molecular flexibility index (Phi) is 17.5. The van der Waals surface area contributed by atoms with E-state index in [9.17, 15) is 0 Å². The van der Waals surface area contributed by atoms with E-state index in [-0.39, 0.29) is 0 Å². The van der Waals surface area contributed by atoms with Crippen molar-refractivity contribution in [3.63, 3.8) is 0 Å². The van der Waals surface area contributed by atoms with Gasteiger partial charge in [-0.15, -0.1) is 0 Å². The molecule has 0 saturated heterocycles. The average molecular weight is 637 g/mol. The monoisotopic (exact) mass is 637 g/mol. The highest BCUT2D eigenvalue weighted by molar-refractivity contribution is 5.19. The van der Waals surface area contributed by atoms with E-state index in [0.717, 1.165) is 47.0 Å². The largest absolute Gasteiger partial charge is 0.0988 e. The molecule has 0 N–H and O–H groups in total. The maximum atomic E-state index is 3.94. The van der Waals surface area contributed by atoms with Crippen molar-refractivity contribution in [2.24, 2.45) is 63.6 Å². The molecule has 4 fully saturated rings. The van der Waals surface area contributed by atoms with Gasteiger partial charge >= 0.3 is 0 Å². The second kappa shape index (κ2) is 19.4. The Morgan fingerprint density at radius 3 is 2.11 bits per heavy atom. The fraction of sp³-hybridized carbons (Fsp3) is 0.870. The van der Waals surface area contributed by atoms with E-state index in [0.29, 0.717) is 22.2 Å². The first-order chi connectivity index (χ1) is 21.9. The molecule has 46 heavy (non-hydrogen) atoms. The molecule has 11 atom stereocenters. The van der Waals surface area contributed by atoms with Crippen molar-refractivity contribution in [1.29, 1.82) is 0 Å². The highest BCUT2D eigenvalue weighted by atomic mass is 14.7. The summed E-state index contributed by atoms with van der Waals surface area (Å²) in [4.78, 5) is 0. The molecule has 4 aliphatic rings. The number of hydrogen-bond donors (Lipinski definition) is 0. The molecule has 0 aromatic rings. The standard InChI is InChI=1S/C33H60.C11H18.C2H6/c1-8-10-12-13-18-31(5)20-21-32(6)26(23-31)22-25(4)30-28-16-15-27(24(3)14-11-9-2)33(28,7)19-17-29(30)32;1-5-8-11(9-6-2)10(4)7-3;1-2/h24-30H,8-23H2,1-7H3;5,7-8,11H,3-4,6,9H2,1-2H3;1-2H3/b;8-5-;. The lowest BCUT2D eigenvalue weighted by molar-refractivity contribution is -0.153. The van der Waals surface area contributed by atoms with Gasteiger partial charge in [0.2, 0.25) is 0 Å². The Balaban J connectivity index is 0.000000482. The summed E-state index contributed by atoms with van der Waals surface area (Å²) >= 11 is 0. The van der Waals surface area contributed by atoms with E-state index in [1.165, 1.54) is 83.5 Å². The van der Waals surface area contributed by atoms with Crippen LogP contribution in [0.1, 0.15) is 192 Å². The molecule has 0 aromatic carbocycles. The van der Waals surface area contributed by atoms with E-state index in [1.54, 1.807) is 32.1 Å². The number of rotatable bonds is 14. The summed E-state index contributed by atoms with van der Waals surface area (Å²) in [5.74, 6) is 7.50. The molecule has 11 unspecified atom stereocenters. The van der Waals surface area contributed by atoms with Gasteiger partial charge < -0.3 is 0 Å². The lowest BCUT2D eigenvalue weighted by Crippen LogP contribution is -2.57. The van der Waals surface area contributed by atoms with Crippen molar-refractivity contribution in [2.45, 2.75) is 192 Å². The van der Waals surface area contributed by atoms with Crippen LogP contribution in [0.25, 0.3) is 0 Å². The molecule has 4 rings (SSSR count). The van der Waals surface area contributed by atoms with Crippen molar-refractivity contribution in [2.75, 3.05) is 0 Å². The maximum absolute atomic E-state index is 3.94. The second-order valence-electron chi connectivity index (χ2n) is 17.6. The molecule has 0 heterocycles. The highest BCUT2D eigenvalue weighted by Gasteiger charge is 2.62. The molecule has 0 nitrogen and oxygen atoms in total. The van der Waals surface area contributed by atoms with Crippen molar-refractivity contribution < 1.29 is 0 Å². The lowest BCUT2D eigenvalue weighted by Gasteiger charge is -2.64. The molecular formula is C46H84. The quantitative estimate of drug-likeness (QED) is 0.101. The first-order valence-corrected chi connectivity index (χ1v) is 20.9. The Bertz CT molecular complexity index is 909. The zero-order valence-electron chi connectivity index (χ0n) is 33.5. The summed E-state index contributed by atoms with van der Waals surface area (Å²) in [6, 6.07) is 0. The normalized spacial score (nSPS) is 37.8.